The van der Waals surface area contributed by atoms with Gasteiger partial charge in [-0.25, -0.2) is 9.97 Å². The van der Waals surface area contributed by atoms with E-state index in [2.05, 4.69) is 45.3 Å². The van der Waals surface area contributed by atoms with Gasteiger partial charge in [0.25, 0.3) is 0 Å². The van der Waals surface area contributed by atoms with Crippen molar-refractivity contribution in [3.8, 4) is 0 Å². The fraction of sp³-hybridized carbons (Fsp3) is 0.571. The third-order valence-electron chi connectivity index (χ3n) is 3.95. The van der Waals surface area contributed by atoms with Crippen LogP contribution in [0.2, 0.25) is 0 Å². The lowest BCUT2D eigenvalue weighted by Crippen LogP contribution is -2.28. The molecule has 20 heavy (non-hydrogen) atoms. The van der Waals surface area contributed by atoms with E-state index in [1.807, 2.05) is 0 Å². The summed E-state index contributed by atoms with van der Waals surface area (Å²) in [5.41, 5.74) is 0. The van der Waals surface area contributed by atoms with Gasteiger partial charge in [-0.3, -0.25) is 0 Å². The van der Waals surface area contributed by atoms with Crippen molar-refractivity contribution in [3.05, 3.63) is 17.8 Å². The Kier molecular flexibility index (Phi) is 3.87. The van der Waals surface area contributed by atoms with Crippen LogP contribution in [0.5, 0.6) is 0 Å². The molecule has 0 bridgehead atoms. The second-order valence-corrected chi connectivity index (χ2v) is 6.60. The highest BCUT2D eigenvalue weighted by Crippen LogP contribution is 2.32. The summed E-state index contributed by atoms with van der Waals surface area (Å²) in [5, 5.41) is 12.8. The number of anilines is 1. The van der Waals surface area contributed by atoms with Gasteiger partial charge in [-0.2, -0.15) is 0 Å². The molecule has 0 aromatic carbocycles. The molecular formula is C14H20N4OS. The molecule has 108 valence electrons. The monoisotopic (exact) mass is 292 g/mol. The van der Waals surface area contributed by atoms with Crippen LogP contribution >= 0.6 is 11.3 Å². The number of aliphatic hydroxyl groups is 1. The van der Waals surface area contributed by atoms with Crippen LogP contribution in [0.15, 0.2) is 17.8 Å². The van der Waals surface area contributed by atoms with E-state index in [4.69, 9.17) is 0 Å². The number of rotatable bonds is 4. The molecule has 2 aromatic heterocycles. The van der Waals surface area contributed by atoms with E-state index in [1.54, 1.807) is 17.7 Å². The topological polar surface area (TPSA) is 52.5 Å². The van der Waals surface area contributed by atoms with Crippen molar-refractivity contribution >= 4 is 27.4 Å². The summed E-state index contributed by atoms with van der Waals surface area (Å²) in [6.45, 7) is 3.06. The smallest absolute Gasteiger partial charge is 0.140 e. The first-order valence-electron chi connectivity index (χ1n) is 6.87. The molecule has 5 nitrogen and oxygen atoms in total. The number of aliphatic hydroxyl groups excluding tert-OH is 1. The maximum atomic E-state index is 9.61. The van der Waals surface area contributed by atoms with Crippen molar-refractivity contribution in [1.29, 1.82) is 0 Å². The fourth-order valence-electron chi connectivity index (χ4n) is 3.02. The van der Waals surface area contributed by atoms with Crippen molar-refractivity contribution in [2.24, 2.45) is 11.8 Å². The Morgan fingerprint density at radius 2 is 2.15 bits per heavy atom. The van der Waals surface area contributed by atoms with E-state index in [1.165, 1.54) is 0 Å². The number of nitrogens with zero attached hydrogens (tertiary/aromatic N) is 4. The van der Waals surface area contributed by atoms with Gasteiger partial charge in [0.15, 0.2) is 0 Å². The second kappa shape index (κ2) is 5.63. The van der Waals surface area contributed by atoms with Gasteiger partial charge in [0.2, 0.25) is 0 Å². The summed E-state index contributed by atoms with van der Waals surface area (Å²) >= 11 is 1.64. The lowest BCUT2D eigenvalue weighted by Gasteiger charge is -2.20. The van der Waals surface area contributed by atoms with E-state index in [0.29, 0.717) is 11.8 Å². The molecular weight excluding hydrogens is 272 g/mol. The lowest BCUT2D eigenvalue weighted by molar-refractivity contribution is 0.185. The number of hydrogen-bond donors (Lipinski definition) is 1. The molecule has 0 radical (unpaired) electrons. The van der Waals surface area contributed by atoms with E-state index >= 15 is 0 Å². The minimum absolute atomic E-state index is 0.243. The molecule has 3 heterocycles. The van der Waals surface area contributed by atoms with Crippen LogP contribution in [0.3, 0.4) is 0 Å². The first kappa shape index (κ1) is 13.7. The van der Waals surface area contributed by atoms with E-state index < -0.39 is 0 Å². The maximum absolute atomic E-state index is 9.61. The van der Waals surface area contributed by atoms with Crippen molar-refractivity contribution in [2.45, 2.75) is 0 Å². The second-order valence-electron chi connectivity index (χ2n) is 5.71. The molecule has 6 heteroatoms. The van der Waals surface area contributed by atoms with Gasteiger partial charge in [0.05, 0.1) is 5.39 Å². The highest BCUT2D eigenvalue weighted by atomic mass is 32.1. The zero-order valence-electron chi connectivity index (χ0n) is 11.9. The van der Waals surface area contributed by atoms with Crippen LogP contribution in [-0.2, 0) is 0 Å². The molecule has 2 atom stereocenters. The highest BCUT2D eigenvalue weighted by molar-refractivity contribution is 7.16. The zero-order valence-corrected chi connectivity index (χ0v) is 12.7. The Labute approximate surface area is 122 Å². The Balaban J connectivity index is 1.86. The van der Waals surface area contributed by atoms with Crippen molar-refractivity contribution < 1.29 is 5.11 Å². The molecule has 0 aliphatic carbocycles. The fourth-order valence-corrected chi connectivity index (χ4v) is 3.75. The summed E-state index contributed by atoms with van der Waals surface area (Å²) < 4.78 is 0. The predicted molar refractivity (Wildman–Crippen MR) is 82.2 cm³/mol. The SMILES string of the molecule is CN(C)C[C@@H]1CN(c2ncnc3sccc23)C[C@@H]1CO. The molecule has 3 rings (SSSR count). The Morgan fingerprint density at radius 1 is 1.35 bits per heavy atom. The number of fused-ring (bicyclic) bond motifs is 1. The molecule has 1 saturated heterocycles. The van der Waals surface area contributed by atoms with Crippen LogP contribution < -0.4 is 4.90 Å². The number of thiophene rings is 1. The quantitative estimate of drug-likeness (QED) is 0.920. The predicted octanol–water partition coefficient (Wildman–Crippen LogP) is 1.30. The molecule has 1 N–H and O–H groups in total. The minimum atomic E-state index is 0.243. The largest absolute Gasteiger partial charge is 0.396 e. The van der Waals surface area contributed by atoms with Crippen LogP contribution in [0.4, 0.5) is 5.82 Å². The molecule has 1 aliphatic heterocycles. The van der Waals surface area contributed by atoms with E-state index in [-0.39, 0.29) is 6.61 Å². The Bertz CT molecular complexity index is 585. The zero-order chi connectivity index (χ0) is 14.1. The number of aromatic nitrogens is 2. The van der Waals surface area contributed by atoms with Crippen LogP contribution in [0, 0.1) is 11.8 Å². The molecule has 0 saturated carbocycles. The van der Waals surface area contributed by atoms with Crippen LogP contribution in [0.1, 0.15) is 0 Å². The van der Waals surface area contributed by atoms with E-state index in [9.17, 15) is 5.11 Å². The minimum Gasteiger partial charge on any atom is -0.396 e. The van der Waals surface area contributed by atoms with Gasteiger partial charge in [-0.15, -0.1) is 11.3 Å². The van der Waals surface area contributed by atoms with Gasteiger partial charge >= 0.3 is 0 Å². The van der Waals surface area contributed by atoms with Crippen molar-refractivity contribution in [3.63, 3.8) is 0 Å². The lowest BCUT2D eigenvalue weighted by atomic mass is 9.97. The standard InChI is InChI=1S/C14H20N4OS/c1-17(2)5-10-6-18(7-11(10)8-19)13-12-3-4-20-14(12)16-9-15-13/h3-4,9-11,19H,5-8H2,1-2H3/t10-,11-/m1/s1. The maximum Gasteiger partial charge on any atom is 0.140 e. The molecule has 2 aromatic rings. The molecule has 1 fully saturated rings. The van der Waals surface area contributed by atoms with Crippen molar-refractivity contribution in [2.75, 3.05) is 45.2 Å². The Morgan fingerprint density at radius 3 is 2.90 bits per heavy atom. The average molecular weight is 292 g/mol. The van der Waals surface area contributed by atoms with Gasteiger partial charge in [-0.05, 0) is 31.5 Å². The van der Waals surface area contributed by atoms with Crippen LogP contribution in [-0.4, -0.2) is 60.3 Å². The summed E-state index contributed by atoms with van der Waals surface area (Å²) in [6, 6.07) is 2.09. The first-order valence-corrected chi connectivity index (χ1v) is 7.75. The summed E-state index contributed by atoms with van der Waals surface area (Å²) in [7, 11) is 4.16. The van der Waals surface area contributed by atoms with Crippen molar-refractivity contribution in [1.82, 2.24) is 14.9 Å². The highest BCUT2D eigenvalue weighted by Gasteiger charge is 2.33. The van der Waals surface area contributed by atoms with Gasteiger partial charge < -0.3 is 14.9 Å². The van der Waals surface area contributed by atoms with Gasteiger partial charge in [0, 0.05) is 32.2 Å². The summed E-state index contributed by atoms with van der Waals surface area (Å²) in [5.74, 6) is 1.82. The molecule has 0 amide bonds. The average Bonchev–Trinajstić information content (AvgIpc) is 3.03. The normalized spacial score (nSPS) is 23.1. The molecule has 1 aliphatic rings. The Hall–Kier alpha value is -1.24. The van der Waals surface area contributed by atoms with Gasteiger partial charge in [-0.1, -0.05) is 0 Å². The van der Waals surface area contributed by atoms with Crippen LogP contribution in [0.25, 0.3) is 10.2 Å². The number of hydrogen-bond acceptors (Lipinski definition) is 6. The summed E-state index contributed by atoms with van der Waals surface area (Å²) in [6.07, 6.45) is 1.64. The van der Waals surface area contributed by atoms with E-state index in [0.717, 1.165) is 35.7 Å². The summed E-state index contributed by atoms with van der Waals surface area (Å²) in [4.78, 5) is 14.3. The molecule has 0 unspecified atom stereocenters. The van der Waals surface area contributed by atoms with Gasteiger partial charge in [0.1, 0.15) is 17.0 Å². The molecule has 0 spiro atoms. The third kappa shape index (κ3) is 2.51. The first-order chi connectivity index (χ1) is 9.69. The third-order valence-corrected chi connectivity index (χ3v) is 4.77.